The van der Waals surface area contributed by atoms with Crippen LogP contribution >= 0.6 is 11.9 Å². The molecule has 0 unspecified atom stereocenters. The van der Waals surface area contributed by atoms with Crippen molar-refractivity contribution in [2.24, 2.45) is 5.92 Å². The van der Waals surface area contributed by atoms with Crippen molar-refractivity contribution in [2.45, 2.75) is 24.8 Å². The van der Waals surface area contributed by atoms with Crippen LogP contribution in [0.1, 0.15) is 13.8 Å². The zero-order valence-electron chi connectivity index (χ0n) is 12.6. The molecular weight excluding hydrogens is 282 g/mol. The molecule has 4 nitrogen and oxygen atoms in total. The summed E-state index contributed by atoms with van der Waals surface area (Å²) in [5.74, 6) is 0.460. The minimum atomic E-state index is -0.183. The number of carbonyl (C=O) groups excluding carboxylic acids is 1. The molecule has 0 aromatic heterocycles. The molecule has 1 heterocycles. The summed E-state index contributed by atoms with van der Waals surface area (Å²) in [7, 11) is 0. The molecule has 0 radical (unpaired) electrons. The van der Waals surface area contributed by atoms with Crippen LogP contribution in [-0.2, 0) is 4.79 Å². The van der Waals surface area contributed by atoms with E-state index >= 15 is 0 Å². The van der Waals surface area contributed by atoms with Crippen molar-refractivity contribution in [3.8, 4) is 0 Å². The van der Waals surface area contributed by atoms with Crippen LogP contribution in [0.5, 0.6) is 0 Å². The van der Waals surface area contributed by atoms with E-state index in [2.05, 4.69) is 35.4 Å². The number of hydrogen-bond acceptors (Lipinski definition) is 4. The van der Waals surface area contributed by atoms with Gasteiger partial charge in [0.05, 0.1) is 0 Å². The quantitative estimate of drug-likeness (QED) is 0.648. The van der Waals surface area contributed by atoms with Crippen molar-refractivity contribution in [2.75, 3.05) is 25.0 Å². The molecule has 2 N–H and O–H groups in total. The zero-order valence-corrected chi connectivity index (χ0v) is 13.5. The number of amides is 1. The molecule has 1 fully saturated rings. The number of nitrogens with zero attached hydrogens (tertiary/aromatic N) is 1. The molecule has 114 valence electrons. The third kappa shape index (κ3) is 4.88. The summed E-state index contributed by atoms with van der Waals surface area (Å²) in [5.41, 5.74) is 0.796. The van der Waals surface area contributed by atoms with E-state index in [0.29, 0.717) is 12.0 Å². The summed E-state index contributed by atoms with van der Waals surface area (Å²) < 4.78 is 2.40. The van der Waals surface area contributed by atoms with Crippen LogP contribution < -0.4 is 10.6 Å². The highest BCUT2D eigenvalue weighted by Crippen LogP contribution is 2.26. The number of nitrogens with one attached hydrogen (secondary N) is 2. The van der Waals surface area contributed by atoms with Crippen LogP contribution in [0.25, 0.3) is 0 Å². The van der Waals surface area contributed by atoms with Crippen molar-refractivity contribution < 1.29 is 4.79 Å². The first-order valence-electron chi connectivity index (χ1n) is 7.28. The van der Waals surface area contributed by atoms with E-state index in [9.17, 15) is 4.79 Å². The molecule has 5 heteroatoms. The predicted molar refractivity (Wildman–Crippen MR) is 89.3 cm³/mol. The van der Waals surface area contributed by atoms with Crippen LogP contribution in [0.15, 0.2) is 41.8 Å². The molecule has 0 aliphatic carbocycles. The Morgan fingerprint density at radius 1 is 1.48 bits per heavy atom. The van der Waals surface area contributed by atoms with E-state index in [4.69, 9.17) is 0 Å². The van der Waals surface area contributed by atoms with E-state index in [1.807, 2.05) is 24.3 Å². The maximum absolute atomic E-state index is 11.2. The number of carbonyl (C=O) groups is 1. The minimum Gasteiger partial charge on any atom is -0.323 e. The highest BCUT2D eigenvalue weighted by atomic mass is 32.2. The normalized spacial score (nSPS) is 19.5. The Hall–Kier alpha value is -1.30. The third-order valence-corrected chi connectivity index (χ3v) is 4.59. The molecule has 1 aliphatic rings. The van der Waals surface area contributed by atoms with Gasteiger partial charge in [0.25, 0.3) is 0 Å². The van der Waals surface area contributed by atoms with Gasteiger partial charge in [0.1, 0.15) is 0 Å². The average Bonchev–Trinajstić information content (AvgIpc) is 2.49. The molecule has 1 aromatic rings. The van der Waals surface area contributed by atoms with E-state index < -0.39 is 0 Å². The van der Waals surface area contributed by atoms with Crippen molar-refractivity contribution in [1.29, 1.82) is 0 Å². The highest BCUT2D eigenvalue weighted by Gasteiger charge is 2.22. The number of benzene rings is 1. The fourth-order valence-corrected chi connectivity index (χ4v) is 3.19. The Morgan fingerprint density at radius 3 is 2.81 bits per heavy atom. The monoisotopic (exact) mass is 305 g/mol. The molecule has 1 amide bonds. The summed E-state index contributed by atoms with van der Waals surface area (Å²) in [4.78, 5) is 12.4. The Kier molecular flexibility index (Phi) is 5.85. The second-order valence-electron chi connectivity index (χ2n) is 5.50. The standard InChI is InChI=1S/C16H23N3OS/c1-4-16(20)18-13-5-7-14(8-6-13)21-19-10-9-17-15(11-19)12(2)3/h4-8,12,15,17H,1,9-11H2,2-3H3,(H,18,20)/t15-/m1/s1. The van der Waals surface area contributed by atoms with Gasteiger partial charge in [0.15, 0.2) is 0 Å². The molecule has 2 rings (SSSR count). The first-order chi connectivity index (χ1) is 10.1. The van der Waals surface area contributed by atoms with Gasteiger partial charge in [-0.1, -0.05) is 20.4 Å². The zero-order chi connectivity index (χ0) is 15.2. The van der Waals surface area contributed by atoms with Gasteiger partial charge in [-0.25, -0.2) is 4.31 Å². The van der Waals surface area contributed by atoms with Gasteiger partial charge in [0.2, 0.25) is 5.91 Å². The molecule has 1 atom stereocenters. The average molecular weight is 305 g/mol. The molecule has 0 saturated carbocycles. The Bertz CT molecular complexity index is 487. The molecule has 1 saturated heterocycles. The highest BCUT2D eigenvalue weighted by molar-refractivity contribution is 7.97. The van der Waals surface area contributed by atoms with Crippen LogP contribution in [0.4, 0.5) is 5.69 Å². The van der Waals surface area contributed by atoms with Gasteiger partial charge >= 0.3 is 0 Å². The van der Waals surface area contributed by atoms with Gasteiger partial charge in [-0.05, 0) is 48.2 Å². The van der Waals surface area contributed by atoms with Crippen LogP contribution in [0.2, 0.25) is 0 Å². The molecular formula is C16H23N3OS. The number of rotatable bonds is 5. The second kappa shape index (κ2) is 7.64. The van der Waals surface area contributed by atoms with Crippen LogP contribution in [0, 0.1) is 5.92 Å². The van der Waals surface area contributed by atoms with E-state index in [1.54, 1.807) is 11.9 Å². The van der Waals surface area contributed by atoms with Gasteiger partial charge in [-0.15, -0.1) is 0 Å². The molecule has 0 bridgehead atoms. The molecule has 1 aromatic carbocycles. The lowest BCUT2D eigenvalue weighted by Crippen LogP contribution is -2.50. The topological polar surface area (TPSA) is 44.4 Å². The molecule has 1 aliphatic heterocycles. The lowest BCUT2D eigenvalue weighted by molar-refractivity contribution is -0.111. The Balaban J connectivity index is 1.90. The molecule has 21 heavy (non-hydrogen) atoms. The Morgan fingerprint density at radius 2 is 2.19 bits per heavy atom. The maximum Gasteiger partial charge on any atom is 0.247 e. The first kappa shape index (κ1) is 16.1. The van der Waals surface area contributed by atoms with Crippen molar-refractivity contribution in [3.63, 3.8) is 0 Å². The van der Waals surface area contributed by atoms with Crippen molar-refractivity contribution >= 4 is 23.5 Å². The van der Waals surface area contributed by atoms with Gasteiger partial charge in [0, 0.05) is 36.3 Å². The fourth-order valence-electron chi connectivity index (χ4n) is 2.22. The van der Waals surface area contributed by atoms with Crippen molar-refractivity contribution in [1.82, 2.24) is 9.62 Å². The lowest BCUT2D eigenvalue weighted by atomic mass is 10.0. The van der Waals surface area contributed by atoms with Gasteiger partial charge < -0.3 is 10.6 Å². The predicted octanol–water partition coefficient (Wildman–Crippen LogP) is 2.75. The largest absolute Gasteiger partial charge is 0.323 e. The van der Waals surface area contributed by atoms with E-state index in [-0.39, 0.29) is 5.91 Å². The molecule has 0 spiro atoms. The Labute approximate surface area is 131 Å². The van der Waals surface area contributed by atoms with E-state index in [1.165, 1.54) is 11.0 Å². The summed E-state index contributed by atoms with van der Waals surface area (Å²) >= 11 is 1.78. The third-order valence-electron chi connectivity index (χ3n) is 3.51. The van der Waals surface area contributed by atoms with E-state index in [0.717, 1.165) is 25.3 Å². The van der Waals surface area contributed by atoms with Crippen LogP contribution in [-0.4, -0.2) is 35.9 Å². The summed E-state index contributed by atoms with van der Waals surface area (Å²) in [6, 6.07) is 8.47. The van der Waals surface area contributed by atoms with Crippen LogP contribution in [0.3, 0.4) is 0 Å². The summed E-state index contributed by atoms with van der Waals surface area (Å²) in [5, 5.41) is 6.31. The minimum absolute atomic E-state index is 0.183. The smallest absolute Gasteiger partial charge is 0.247 e. The van der Waals surface area contributed by atoms with Gasteiger partial charge in [-0.3, -0.25) is 4.79 Å². The second-order valence-corrected chi connectivity index (χ2v) is 6.67. The van der Waals surface area contributed by atoms with Gasteiger partial charge in [-0.2, -0.15) is 0 Å². The SMILES string of the molecule is C=CC(=O)Nc1ccc(SN2CCN[C@@H](C(C)C)C2)cc1. The first-order valence-corrected chi connectivity index (χ1v) is 8.05. The number of anilines is 1. The number of hydrogen-bond donors (Lipinski definition) is 2. The van der Waals surface area contributed by atoms with Crippen molar-refractivity contribution in [3.05, 3.63) is 36.9 Å². The maximum atomic E-state index is 11.2. The summed E-state index contributed by atoms with van der Waals surface area (Å²) in [6.07, 6.45) is 1.27. The summed E-state index contributed by atoms with van der Waals surface area (Å²) in [6.45, 7) is 11.1. The number of piperazine rings is 1. The lowest BCUT2D eigenvalue weighted by Gasteiger charge is -2.34. The fraction of sp³-hybridized carbons (Fsp3) is 0.438.